The number of benzene rings is 1. The predicted octanol–water partition coefficient (Wildman–Crippen LogP) is 3.45. The summed E-state index contributed by atoms with van der Waals surface area (Å²) < 4.78 is 18.1. The van der Waals surface area contributed by atoms with Gasteiger partial charge in [0.05, 0.1) is 18.9 Å². The summed E-state index contributed by atoms with van der Waals surface area (Å²) >= 11 is 1.47. The molecule has 106 valence electrons. The predicted molar refractivity (Wildman–Crippen MR) is 77.5 cm³/mol. The summed E-state index contributed by atoms with van der Waals surface area (Å²) in [6.07, 6.45) is 2.60. The molecule has 5 heteroatoms. The van der Waals surface area contributed by atoms with Gasteiger partial charge in [0.2, 0.25) is 0 Å². The normalized spacial score (nSPS) is 12.2. The Morgan fingerprint density at radius 1 is 1.30 bits per heavy atom. The average molecular weight is 293 g/mol. The monoisotopic (exact) mass is 293 g/mol. The molecule has 1 aromatic carbocycles. The molecule has 1 atom stereocenters. The minimum atomic E-state index is -0.641. The number of hydrogen-bond acceptors (Lipinski definition) is 4. The summed E-state index contributed by atoms with van der Waals surface area (Å²) in [4.78, 5) is 4.96. The van der Waals surface area contributed by atoms with Crippen molar-refractivity contribution in [1.82, 2.24) is 4.98 Å². The van der Waals surface area contributed by atoms with E-state index in [9.17, 15) is 9.50 Å². The quantitative estimate of drug-likeness (QED) is 0.828. The number of ether oxygens (including phenoxy) is 1. The molecular formula is C15H16FNO2S. The van der Waals surface area contributed by atoms with Crippen LogP contribution in [-0.2, 0) is 0 Å². The molecule has 0 amide bonds. The summed E-state index contributed by atoms with van der Waals surface area (Å²) in [5.41, 5.74) is 0.713. The van der Waals surface area contributed by atoms with Gasteiger partial charge in [-0.05, 0) is 37.3 Å². The number of hydrogen-bond donors (Lipinski definition) is 1. The average Bonchev–Trinajstić information content (AvgIpc) is 2.47. The zero-order valence-corrected chi connectivity index (χ0v) is 11.9. The largest absolute Gasteiger partial charge is 0.492 e. The van der Waals surface area contributed by atoms with Gasteiger partial charge in [0.1, 0.15) is 11.6 Å². The number of aliphatic hydroxyl groups is 1. The fourth-order valence-corrected chi connectivity index (χ4v) is 2.54. The molecule has 0 aliphatic rings. The molecule has 0 saturated heterocycles. The first kappa shape index (κ1) is 14.8. The van der Waals surface area contributed by atoms with Crippen LogP contribution in [0, 0.1) is 5.82 Å². The number of rotatable bonds is 6. The Labute approximate surface area is 121 Å². The molecule has 0 bridgehead atoms. The van der Waals surface area contributed by atoms with E-state index in [2.05, 4.69) is 4.98 Å². The van der Waals surface area contributed by atoms with Gasteiger partial charge >= 0.3 is 0 Å². The van der Waals surface area contributed by atoms with E-state index >= 15 is 0 Å². The van der Waals surface area contributed by atoms with Crippen LogP contribution in [0.15, 0.2) is 47.6 Å². The van der Waals surface area contributed by atoms with Crippen molar-refractivity contribution < 1.29 is 14.2 Å². The molecule has 1 heterocycles. The second-order valence-electron chi connectivity index (χ2n) is 4.17. The highest BCUT2D eigenvalue weighted by Gasteiger charge is 2.10. The Morgan fingerprint density at radius 3 is 2.75 bits per heavy atom. The first-order valence-corrected chi connectivity index (χ1v) is 7.31. The van der Waals surface area contributed by atoms with Gasteiger partial charge in [0.25, 0.3) is 0 Å². The van der Waals surface area contributed by atoms with Gasteiger partial charge in [-0.15, -0.1) is 11.8 Å². The summed E-state index contributed by atoms with van der Waals surface area (Å²) in [5.74, 6) is 0.863. The Hall–Kier alpha value is -1.59. The molecule has 1 aromatic heterocycles. The molecule has 0 saturated carbocycles. The molecule has 3 nitrogen and oxygen atoms in total. The van der Waals surface area contributed by atoms with Crippen molar-refractivity contribution in [2.24, 2.45) is 0 Å². The van der Waals surface area contributed by atoms with Crippen LogP contribution in [-0.4, -0.2) is 22.5 Å². The number of thioether (sulfide) groups is 1. The number of nitrogens with zero attached hydrogens (tertiary/aromatic N) is 1. The minimum absolute atomic E-state index is 0.261. The maximum atomic E-state index is 12.8. The summed E-state index contributed by atoms with van der Waals surface area (Å²) in [6, 6.07) is 7.99. The molecule has 1 N–H and O–H groups in total. The lowest BCUT2D eigenvalue weighted by molar-refractivity contribution is 0.203. The Balaban J connectivity index is 1.95. The van der Waals surface area contributed by atoms with Gasteiger partial charge in [0.15, 0.2) is 0 Å². The first-order valence-electron chi connectivity index (χ1n) is 6.33. The molecule has 2 aromatic rings. The number of aromatic nitrogens is 1. The second-order valence-corrected chi connectivity index (χ2v) is 5.26. The van der Waals surface area contributed by atoms with Crippen LogP contribution in [0.4, 0.5) is 4.39 Å². The van der Waals surface area contributed by atoms with Crippen molar-refractivity contribution in [3.63, 3.8) is 0 Å². The highest BCUT2D eigenvalue weighted by Crippen LogP contribution is 2.26. The SMILES string of the molecule is CCOc1cncc(C(O)CSc2ccc(F)cc2)c1. The minimum Gasteiger partial charge on any atom is -0.492 e. The lowest BCUT2D eigenvalue weighted by Gasteiger charge is -2.11. The Morgan fingerprint density at radius 2 is 2.05 bits per heavy atom. The smallest absolute Gasteiger partial charge is 0.137 e. The van der Waals surface area contributed by atoms with E-state index in [1.807, 2.05) is 6.92 Å². The van der Waals surface area contributed by atoms with E-state index < -0.39 is 6.10 Å². The highest BCUT2D eigenvalue weighted by molar-refractivity contribution is 7.99. The Kier molecular flexibility index (Phi) is 5.38. The number of pyridine rings is 1. The fraction of sp³-hybridized carbons (Fsp3) is 0.267. The molecule has 20 heavy (non-hydrogen) atoms. The third-order valence-electron chi connectivity index (χ3n) is 2.65. The van der Waals surface area contributed by atoms with Crippen LogP contribution in [0.25, 0.3) is 0 Å². The van der Waals surface area contributed by atoms with Crippen LogP contribution >= 0.6 is 11.8 Å². The van der Waals surface area contributed by atoms with E-state index in [0.717, 1.165) is 4.90 Å². The highest BCUT2D eigenvalue weighted by atomic mass is 32.2. The number of halogens is 1. The number of aliphatic hydroxyl groups excluding tert-OH is 1. The molecule has 0 radical (unpaired) electrons. The van der Waals surface area contributed by atoms with E-state index in [0.29, 0.717) is 23.7 Å². The maximum absolute atomic E-state index is 12.8. The summed E-state index contributed by atoms with van der Waals surface area (Å²) in [7, 11) is 0. The van der Waals surface area contributed by atoms with E-state index in [-0.39, 0.29) is 5.82 Å². The summed E-state index contributed by atoms with van der Waals surface area (Å²) in [6.45, 7) is 2.46. The van der Waals surface area contributed by atoms with Gasteiger partial charge in [-0.3, -0.25) is 4.98 Å². The zero-order valence-electron chi connectivity index (χ0n) is 11.1. The molecule has 1 unspecified atom stereocenters. The lowest BCUT2D eigenvalue weighted by Crippen LogP contribution is -2.02. The van der Waals surface area contributed by atoms with E-state index in [1.54, 1.807) is 30.6 Å². The van der Waals surface area contributed by atoms with Crippen molar-refractivity contribution >= 4 is 11.8 Å². The van der Waals surface area contributed by atoms with Gasteiger partial charge in [-0.1, -0.05) is 0 Å². The molecule has 0 spiro atoms. The van der Waals surface area contributed by atoms with Crippen LogP contribution in [0.5, 0.6) is 5.75 Å². The van der Waals surface area contributed by atoms with E-state index in [1.165, 1.54) is 23.9 Å². The lowest BCUT2D eigenvalue weighted by atomic mass is 10.2. The van der Waals surface area contributed by atoms with Crippen molar-refractivity contribution in [3.05, 3.63) is 54.1 Å². The van der Waals surface area contributed by atoms with Gasteiger partial charge in [-0.2, -0.15) is 0 Å². The standard InChI is InChI=1S/C15H16FNO2S/c1-2-19-13-7-11(8-17-9-13)15(18)10-20-14-5-3-12(16)4-6-14/h3-9,15,18H,2,10H2,1H3. The van der Waals surface area contributed by atoms with Crippen molar-refractivity contribution in [3.8, 4) is 5.75 Å². The molecule has 0 aliphatic carbocycles. The third kappa shape index (κ3) is 4.21. The third-order valence-corrected chi connectivity index (χ3v) is 3.74. The summed E-state index contributed by atoms with van der Waals surface area (Å²) in [5, 5.41) is 10.1. The Bertz CT molecular complexity index is 548. The zero-order chi connectivity index (χ0) is 14.4. The molecule has 0 aliphatic heterocycles. The molecule has 2 rings (SSSR count). The fourth-order valence-electron chi connectivity index (χ4n) is 1.67. The van der Waals surface area contributed by atoms with Crippen molar-refractivity contribution in [2.45, 2.75) is 17.9 Å². The van der Waals surface area contributed by atoms with Gasteiger partial charge < -0.3 is 9.84 Å². The maximum Gasteiger partial charge on any atom is 0.137 e. The van der Waals surface area contributed by atoms with Crippen LogP contribution < -0.4 is 4.74 Å². The van der Waals surface area contributed by atoms with Crippen molar-refractivity contribution in [1.29, 1.82) is 0 Å². The van der Waals surface area contributed by atoms with E-state index in [4.69, 9.17) is 4.74 Å². The van der Waals surface area contributed by atoms with Crippen LogP contribution in [0.2, 0.25) is 0 Å². The molecular weight excluding hydrogens is 277 g/mol. The second kappa shape index (κ2) is 7.26. The van der Waals surface area contributed by atoms with Gasteiger partial charge in [0, 0.05) is 22.4 Å². The van der Waals surface area contributed by atoms with Crippen LogP contribution in [0.1, 0.15) is 18.6 Å². The van der Waals surface area contributed by atoms with Crippen LogP contribution in [0.3, 0.4) is 0 Å². The van der Waals surface area contributed by atoms with Gasteiger partial charge in [-0.25, -0.2) is 4.39 Å². The molecule has 0 fully saturated rings. The first-order chi connectivity index (χ1) is 9.69. The van der Waals surface area contributed by atoms with Crippen molar-refractivity contribution in [2.75, 3.05) is 12.4 Å². The topological polar surface area (TPSA) is 42.4 Å².